The van der Waals surface area contributed by atoms with Gasteiger partial charge in [-0.1, -0.05) is 53.7 Å². The van der Waals surface area contributed by atoms with E-state index < -0.39 is 0 Å². The molecule has 3 N–H and O–H groups in total. The van der Waals surface area contributed by atoms with Crippen LogP contribution in [0.1, 0.15) is 47.8 Å². The minimum atomic E-state index is -0.298. The summed E-state index contributed by atoms with van der Waals surface area (Å²) in [7, 11) is 0. The highest BCUT2D eigenvalue weighted by molar-refractivity contribution is 6.02. The number of fused-ring (bicyclic) bond motifs is 1. The van der Waals surface area contributed by atoms with Gasteiger partial charge in [0.25, 0.3) is 0 Å². The van der Waals surface area contributed by atoms with Crippen LogP contribution in [0.25, 0.3) is 33.2 Å². The van der Waals surface area contributed by atoms with Crippen LogP contribution in [-0.4, -0.2) is 61.7 Å². The van der Waals surface area contributed by atoms with Crippen LogP contribution < -0.4 is 11.1 Å². The lowest BCUT2D eigenvalue weighted by atomic mass is 10.0. The Kier molecular flexibility index (Phi) is 8.79. The van der Waals surface area contributed by atoms with Gasteiger partial charge in [0.15, 0.2) is 11.6 Å². The molecule has 3 aromatic heterocycles. The molecule has 45 heavy (non-hydrogen) atoms. The quantitative estimate of drug-likeness (QED) is 0.168. The van der Waals surface area contributed by atoms with Crippen molar-refractivity contribution in [3.63, 3.8) is 0 Å². The van der Waals surface area contributed by atoms with Gasteiger partial charge in [-0.25, -0.2) is 9.97 Å². The second-order valence-electron chi connectivity index (χ2n) is 10.8. The molecule has 0 saturated carbocycles. The van der Waals surface area contributed by atoms with E-state index in [2.05, 4.69) is 50.4 Å². The molecule has 0 unspecified atom stereocenters. The molecule has 4 heterocycles. The van der Waals surface area contributed by atoms with Crippen LogP contribution in [0.15, 0.2) is 94.7 Å². The number of rotatable bonds is 9. The standard InChI is InChI=1S/C34H33N9O2/c1-22(30-41-33(45-42-30)34(44)43-17-14-25(35)15-18-43)19-24(20-36-2)31-39-28-13-8-12-27(23-9-4-3-5-10-23)29(28)32(40-31)38-21-26-11-6-7-16-37-26/h3-13,16,19-20,25H,2,14-15,17-18,21,35H2,1H3,(H,38,39,40)/b22-19+,24-20+. The number of carbonyl (C=O) groups excluding carboxylic acids is 1. The van der Waals surface area contributed by atoms with Gasteiger partial charge in [-0.2, -0.15) is 4.98 Å². The van der Waals surface area contributed by atoms with Crippen molar-refractivity contribution >= 4 is 40.5 Å². The molecule has 0 spiro atoms. The predicted molar refractivity (Wildman–Crippen MR) is 175 cm³/mol. The fourth-order valence-corrected chi connectivity index (χ4v) is 5.24. The van der Waals surface area contributed by atoms with Crippen molar-refractivity contribution in [2.24, 2.45) is 10.7 Å². The molecular formula is C34H33N9O2. The van der Waals surface area contributed by atoms with Crippen molar-refractivity contribution in [1.29, 1.82) is 0 Å². The highest BCUT2D eigenvalue weighted by Gasteiger charge is 2.26. The Hall–Kier alpha value is -5.55. The number of benzene rings is 2. The number of allylic oxidation sites excluding steroid dienone is 3. The molecule has 1 fully saturated rings. The first-order valence-corrected chi connectivity index (χ1v) is 14.7. The number of carbonyl (C=O) groups is 1. The molecule has 0 bridgehead atoms. The topological polar surface area (TPSA) is 148 Å². The maximum atomic E-state index is 12.9. The SMILES string of the molecule is C=N/C=C(\C=C(/C)c1noc(C(=O)N2CCC(N)CC2)n1)c1nc(NCc2ccccn2)c2c(-c3ccccc3)cccc2n1. The molecule has 1 aliphatic heterocycles. The van der Waals surface area contributed by atoms with Crippen molar-refractivity contribution in [2.75, 3.05) is 18.4 Å². The van der Waals surface area contributed by atoms with Crippen LogP contribution in [0.4, 0.5) is 5.82 Å². The van der Waals surface area contributed by atoms with Gasteiger partial charge in [-0.15, -0.1) is 0 Å². The number of hydrogen-bond donors (Lipinski definition) is 2. The average Bonchev–Trinajstić information content (AvgIpc) is 3.58. The fraction of sp³-hybridized carbons (Fsp3) is 0.206. The van der Waals surface area contributed by atoms with E-state index in [0.717, 1.165) is 40.6 Å². The van der Waals surface area contributed by atoms with E-state index in [1.54, 1.807) is 23.4 Å². The van der Waals surface area contributed by atoms with E-state index in [9.17, 15) is 4.79 Å². The zero-order valence-electron chi connectivity index (χ0n) is 24.9. The summed E-state index contributed by atoms with van der Waals surface area (Å²) >= 11 is 0. The Morgan fingerprint density at radius 2 is 1.84 bits per heavy atom. The number of aromatic nitrogens is 5. The minimum absolute atomic E-state index is 0.0583. The molecular weight excluding hydrogens is 566 g/mol. The molecule has 0 atom stereocenters. The smallest absolute Gasteiger partial charge is 0.316 e. The molecule has 2 aromatic carbocycles. The van der Waals surface area contributed by atoms with Crippen molar-refractivity contribution in [1.82, 2.24) is 30.0 Å². The first kappa shape index (κ1) is 29.5. The summed E-state index contributed by atoms with van der Waals surface area (Å²) < 4.78 is 5.35. The van der Waals surface area contributed by atoms with Crippen LogP contribution in [0.2, 0.25) is 0 Å². The van der Waals surface area contributed by atoms with Gasteiger partial charge in [0.2, 0.25) is 0 Å². The number of nitrogens with two attached hydrogens (primary N) is 1. The van der Waals surface area contributed by atoms with Gasteiger partial charge in [-0.3, -0.25) is 14.8 Å². The molecule has 226 valence electrons. The molecule has 0 radical (unpaired) electrons. The molecule has 5 aromatic rings. The zero-order chi connectivity index (χ0) is 31.2. The summed E-state index contributed by atoms with van der Waals surface area (Å²) in [6.07, 6.45) is 6.63. The summed E-state index contributed by atoms with van der Waals surface area (Å²) in [4.78, 5) is 37.4. The Morgan fingerprint density at radius 3 is 2.60 bits per heavy atom. The fourth-order valence-electron chi connectivity index (χ4n) is 5.24. The van der Waals surface area contributed by atoms with E-state index in [4.69, 9.17) is 20.2 Å². The third-order valence-electron chi connectivity index (χ3n) is 7.62. The zero-order valence-corrected chi connectivity index (χ0v) is 24.9. The van der Waals surface area contributed by atoms with Crippen LogP contribution in [0.3, 0.4) is 0 Å². The van der Waals surface area contributed by atoms with Crippen LogP contribution >= 0.6 is 0 Å². The van der Waals surface area contributed by atoms with Gasteiger partial charge >= 0.3 is 11.8 Å². The lowest BCUT2D eigenvalue weighted by Gasteiger charge is -2.28. The summed E-state index contributed by atoms with van der Waals surface area (Å²) in [5.74, 6) is 0.995. The molecule has 1 amide bonds. The summed E-state index contributed by atoms with van der Waals surface area (Å²) in [6.45, 7) is 7.07. The largest absolute Gasteiger partial charge is 0.364 e. The Morgan fingerprint density at radius 1 is 1.04 bits per heavy atom. The van der Waals surface area contributed by atoms with Crippen molar-refractivity contribution < 1.29 is 9.32 Å². The number of nitrogens with one attached hydrogen (secondary N) is 1. The third kappa shape index (κ3) is 6.68. The van der Waals surface area contributed by atoms with E-state index >= 15 is 0 Å². The maximum absolute atomic E-state index is 12.9. The molecule has 11 heteroatoms. The minimum Gasteiger partial charge on any atom is -0.364 e. The van der Waals surface area contributed by atoms with Gasteiger partial charge in [-0.05, 0) is 67.5 Å². The lowest BCUT2D eigenvalue weighted by molar-refractivity contribution is 0.0664. The first-order chi connectivity index (χ1) is 22.0. The predicted octanol–water partition coefficient (Wildman–Crippen LogP) is 5.40. The van der Waals surface area contributed by atoms with Crippen LogP contribution in [-0.2, 0) is 6.54 Å². The van der Waals surface area contributed by atoms with Crippen molar-refractivity contribution in [2.45, 2.75) is 32.4 Å². The number of hydrogen-bond acceptors (Lipinski definition) is 10. The summed E-state index contributed by atoms with van der Waals surface area (Å²) in [6, 6.07) is 22.0. The highest BCUT2D eigenvalue weighted by atomic mass is 16.5. The number of amides is 1. The lowest BCUT2D eigenvalue weighted by Crippen LogP contribution is -2.42. The van der Waals surface area contributed by atoms with Gasteiger partial charge in [0.1, 0.15) is 5.82 Å². The normalized spacial score (nSPS) is 14.5. The maximum Gasteiger partial charge on any atom is 0.316 e. The van der Waals surface area contributed by atoms with Crippen LogP contribution in [0, 0.1) is 0 Å². The number of likely N-dealkylation sites (tertiary alicyclic amines) is 1. The number of nitrogens with zero attached hydrogens (tertiary/aromatic N) is 7. The van der Waals surface area contributed by atoms with Crippen molar-refractivity contribution in [3.05, 3.63) is 108 Å². The van der Waals surface area contributed by atoms with E-state index in [1.807, 2.05) is 55.5 Å². The highest BCUT2D eigenvalue weighted by Crippen LogP contribution is 2.34. The second kappa shape index (κ2) is 13.4. The van der Waals surface area contributed by atoms with Crippen LogP contribution in [0.5, 0.6) is 0 Å². The molecule has 11 nitrogen and oxygen atoms in total. The van der Waals surface area contributed by atoms with Gasteiger partial charge in [0, 0.05) is 37.1 Å². The third-order valence-corrected chi connectivity index (χ3v) is 7.62. The van der Waals surface area contributed by atoms with Gasteiger partial charge in [0.05, 0.1) is 23.1 Å². The van der Waals surface area contributed by atoms with Crippen molar-refractivity contribution in [3.8, 4) is 11.1 Å². The first-order valence-electron chi connectivity index (χ1n) is 14.7. The summed E-state index contributed by atoms with van der Waals surface area (Å²) in [5.41, 5.74) is 10.9. The monoisotopic (exact) mass is 599 g/mol. The Balaban J connectivity index is 1.36. The van der Waals surface area contributed by atoms with E-state index in [-0.39, 0.29) is 23.7 Å². The molecule has 1 aliphatic rings. The Bertz CT molecular complexity index is 1880. The molecule has 0 aliphatic carbocycles. The molecule has 1 saturated heterocycles. The van der Waals surface area contributed by atoms with Gasteiger partial charge < -0.3 is 20.5 Å². The van der Waals surface area contributed by atoms with E-state index in [0.29, 0.717) is 42.4 Å². The number of anilines is 1. The number of pyridine rings is 1. The average molecular weight is 600 g/mol. The van der Waals surface area contributed by atoms with E-state index in [1.165, 1.54) is 0 Å². The second-order valence-corrected chi connectivity index (χ2v) is 10.8. The summed E-state index contributed by atoms with van der Waals surface area (Å²) in [5, 5.41) is 8.44. The Labute approximate surface area is 260 Å². The number of aliphatic imine (C=N–C) groups is 1. The molecule has 6 rings (SSSR count). The number of piperidine rings is 1.